The molecule has 0 bridgehead atoms. The van der Waals surface area contributed by atoms with Gasteiger partial charge in [-0.05, 0) is 12.8 Å². The molecule has 1 N–H and O–H groups in total. The standard InChI is InChI=1S/C10H21N/c1-3-5-7-9-10(11-9)8-6-4-2/h9-11H,3-8H2,1-2H3/t9-,10+. The fourth-order valence-corrected chi connectivity index (χ4v) is 1.64. The van der Waals surface area contributed by atoms with Crippen molar-refractivity contribution in [3.05, 3.63) is 0 Å². The molecule has 11 heavy (non-hydrogen) atoms. The fraction of sp³-hybridized carbons (Fsp3) is 1.00. The van der Waals surface area contributed by atoms with Gasteiger partial charge in [0.25, 0.3) is 0 Å². The quantitative estimate of drug-likeness (QED) is 0.585. The van der Waals surface area contributed by atoms with Gasteiger partial charge >= 0.3 is 0 Å². The summed E-state index contributed by atoms with van der Waals surface area (Å²) in [6.45, 7) is 4.53. The first kappa shape index (κ1) is 9.05. The molecule has 0 amide bonds. The Kier molecular flexibility index (Phi) is 3.92. The predicted molar refractivity (Wildman–Crippen MR) is 49.8 cm³/mol. The van der Waals surface area contributed by atoms with Gasteiger partial charge in [-0.3, -0.25) is 0 Å². The van der Waals surface area contributed by atoms with Crippen molar-refractivity contribution in [2.75, 3.05) is 0 Å². The fourth-order valence-electron chi connectivity index (χ4n) is 1.64. The molecule has 0 spiro atoms. The summed E-state index contributed by atoms with van der Waals surface area (Å²) < 4.78 is 0. The van der Waals surface area contributed by atoms with Gasteiger partial charge in [0.1, 0.15) is 0 Å². The van der Waals surface area contributed by atoms with Crippen molar-refractivity contribution in [2.45, 2.75) is 64.5 Å². The van der Waals surface area contributed by atoms with Crippen molar-refractivity contribution in [3.8, 4) is 0 Å². The van der Waals surface area contributed by atoms with Gasteiger partial charge in [-0.1, -0.05) is 39.5 Å². The molecule has 0 aliphatic carbocycles. The summed E-state index contributed by atoms with van der Waals surface area (Å²) in [5, 5.41) is 3.54. The van der Waals surface area contributed by atoms with Gasteiger partial charge in [0.05, 0.1) is 0 Å². The van der Waals surface area contributed by atoms with Crippen LogP contribution in [-0.2, 0) is 0 Å². The molecule has 1 rings (SSSR count). The van der Waals surface area contributed by atoms with Crippen molar-refractivity contribution in [3.63, 3.8) is 0 Å². The van der Waals surface area contributed by atoms with Crippen LogP contribution in [0.2, 0.25) is 0 Å². The molecule has 66 valence electrons. The highest BCUT2D eigenvalue weighted by Gasteiger charge is 2.33. The Morgan fingerprint density at radius 1 is 0.909 bits per heavy atom. The number of rotatable bonds is 6. The first-order chi connectivity index (χ1) is 5.38. The molecular weight excluding hydrogens is 134 g/mol. The third-order valence-electron chi connectivity index (χ3n) is 2.54. The first-order valence-corrected chi connectivity index (χ1v) is 5.14. The van der Waals surface area contributed by atoms with Crippen LogP contribution in [0.5, 0.6) is 0 Å². The van der Waals surface area contributed by atoms with E-state index in [0.29, 0.717) is 0 Å². The average molecular weight is 155 g/mol. The molecule has 2 atom stereocenters. The highest BCUT2D eigenvalue weighted by Crippen LogP contribution is 2.22. The second kappa shape index (κ2) is 4.76. The van der Waals surface area contributed by atoms with Crippen LogP contribution in [0.4, 0.5) is 0 Å². The van der Waals surface area contributed by atoms with Gasteiger partial charge in [-0.2, -0.15) is 0 Å². The summed E-state index contributed by atoms with van der Waals surface area (Å²) in [6, 6.07) is 1.78. The van der Waals surface area contributed by atoms with Gasteiger partial charge in [-0.25, -0.2) is 0 Å². The molecule has 0 aromatic carbocycles. The first-order valence-electron chi connectivity index (χ1n) is 5.14. The lowest BCUT2D eigenvalue weighted by molar-refractivity contribution is 0.654. The van der Waals surface area contributed by atoms with Crippen LogP contribution in [0.25, 0.3) is 0 Å². The van der Waals surface area contributed by atoms with E-state index in [4.69, 9.17) is 0 Å². The largest absolute Gasteiger partial charge is 0.308 e. The average Bonchev–Trinajstić information content (AvgIpc) is 2.76. The van der Waals surface area contributed by atoms with Crippen LogP contribution in [0.1, 0.15) is 52.4 Å². The molecule has 0 unspecified atom stereocenters. The zero-order valence-corrected chi connectivity index (χ0v) is 7.90. The molecule has 0 aromatic heterocycles. The van der Waals surface area contributed by atoms with Crippen LogP contribution in [0.3, 0.4) is 0 Å². The molecule has 0 radical (unpaired) electrons. The third-order valence-corrected chi connectivity index (χ3v) is 2.54. The summed E-state index contributed by atoms with van der Waals surface area (Å²) >= 11 is 0. The van der Waals surface area contributed by atoms with Crippen molar-refractivity contribution < 1.29 is 0 Å². The number of hydrogen-bond acceptors (Lipinski definition) is 1. The van der Waals surface area contributed by atoms with E-state index in [0.717, 1.165) is 12.1 Å². The van der Waals surface area contributed by atoms with Gasteiger partial charge in [-0.15, -0.1) is 0 Å². The normalized spacial score (nSPS) is 28.9. The molecule has 1 aliphatic heterocycles. The van der Waals surface area contributed by atoms with Crippen molar-refractivity contribution in [1.29, 1.82) is 0 Å². The van der Waals surface area contributed by atoms with Gasteiger partial charge in [0.15, 0.2) is 0 Å². The Balaban J connectivity index is 1.89. The van der Waals surface area contributed by atoms with Crippen LogP contribution >= 0.6 is 0 Å². The van der Waals surface area contributed by atoms with Gasteiger partial charge in [0, 0.05) is 12.1 Å². The Bertz CT molecular complexity index is 89.0. The van der Waals surface area contributed by atoms with E-state index in [9.17, 15) is 0 Å². The van der Waals surface area contributed by atoms with Crippen LogP contribution < -0.4 is 5.32 Å². The van der Waals surface area contributed by atoms with Crippen LogP contribution in [-0.4, -0.2) is 12.1 Å². The lowest BCUT2D eigenvalue weighted by Gasteiger charge is -1.94. The van der Waals surface area contributed by atoms with E-state index in [1.807, 2.05) is 0 Å². The van der Waals surface area contributed by atoms with E-state index >= 15 is 0 Å². The second-order valence-electron chi connectivity index (χ2n) is 3.66. The van der Waals surface area contributed by atoms with E-state index in [2.05, 4.69) is 19.2 Å². The van der Waals surface area contributed by atoms with Crippen LogP contribution in [0.15, 0.2) is 0 Å². The highest BCUT2D eigenvalue weighted by atomic mass is 15.1. The zero-order valence-electron chi connectivity index (χ0n) is 7.90. The molecule has 1 nitrogen and oxygen atoms in total. The summed E-state index contributed by atoms with van der Waals surface area (Å²) in [4.78, 5) is 0. The SMILES string of the molecule is CCCC[C@@H]1N[C@@H]1CCCC. The monoisotopic (exact) mass is 155 g/mol. The summed E-state index contributed by atoms with van der Waals surface area (Å²) in [7, 11) is 0. The maximum absolute atomic E-state index is 3.54. The maximum atomic E-state index is 3.54. The molecule has 1 saturated heterocycles. The predicted octanol–water partition coefficient (Wildman–Crippen LogP) is 2.71. The van der Waals surface area contributed by atoms with E-state index < -0.39 is 0 Å². The minimum absolute atomic E-state index is 0.890. The number of unbranched alkanes of at least 4 members (excludes halogenated alkanes) is 2. The Morgan fingerprint density at radius 2 is 1.36 bits per heavy atom. The van der Waals surface area contributed by atoms with E-state index in [1.165, 1.54) is 38.5 Å². The molecule has 1 heterocycles. The lowest BCUT2D eigenvalue weighted by atomic mass is 10.1. The van der Waals surface area contributed by atoms with Crippen molar-refractivity contribution >= 4 is 0 Å². The Hall–Kier alpha value is -0.0400. The topological polar surface area (TPSA) is 21.9 Å². The molecule has 0 saturated carbocycles. The molecular formula is C10H21N. The zero-order chi connectivity index (χ0) is 8.10. The smallest absolute Gasteiger partial charge is 0.0224 e. The molecule has 0 aromatic rings. The van der Waals surface area contributed by atoms with E-state index in [1.54, 1.807) is 0 Å². The summed E-state index contributed by atoms with van der Waals surface area (Å²) in [5.41, 5.74) is 0. The second-order valence-corrected chi connectivity index (χ2v) is 3.66. The van der Waals surface area contributed by atoms with E-state index in [-0.39, 0.29) is 0 Å². The Morgan fingerprint density at radius 3 is 1.73 bits per heavy atom. The van der Waals surface area contributed by atoms with Crippen molar-refractivity contribution in [1.82, 2.24) is 5.32 Å². The molecule has 1 heteroatoms. The van der Waals surface area contributed by atoms with Gasteiger partial charge < -0.3 is 5.32 Å². The minimum atomic E-state index is 0.890. The summed E-state index contributed by atoms with van der Waals surface area (Å²) in [6.07, 6.45) is 8.31. The third kappa shape index (κ3) is 3.24. The van der Waals surface area contributed by atoms with Gasteiger partial charge in [0.2, 0.25) is 0 Å². The molecule has 1 aliphatic rings. The van der Waals surface area contributed by atoms with Crippen LogP contribution in [0, 0.1) is 0 Å². The lowest BCUT2D eigenvalue weighted by Crippen LogP contribution is -1.93. The maximum Gasteiger partial charge on any atom is 0.0224 e. The minimum Gasteiger partial charge on any atom is -0.308 e. The summed E-state index contributed by atoms with van der Waals surface area (Å²) in [5.74, 6) is 0. The Labute approximate surface area is 70.6 Å². The number of hydrogen-bond donors (Lipinski definition) is 1. The van der Waals surface area contributed by atoms with Crippen molar-refractivity contribution in [2.24, 2.45) is 0 Å². The molecule has 1 fully saturated rings. The highest BCUT2D eigenvalue weighted by molar-refractivity contribution is 4.96. The number of nitrogens with one attached hydrogen (secondary N) is 1.